The number of carbonyl (C=O) groups is 4. The summed E-state index contributed by atoms with van der Waals surface area (Å²) < 4.78 is 68.3. The van der Waals surface area contributed by atoms with Gasteiger partial charge in [0.05, 0.1) is 26.4 Å². The molecule has 0 aromatic rings. The van der Waals surface area contributed by atoms with E-state index in [1.807, 2.05) is 0 Å². The summed E-state index contributed by atoms with van der Waals surface area (Å²) >= 11 is 0. The molecule has 17 nitrogen and oxygen atoms in total. The van der Waals surface area contributed by atoms with Crippen LogP contribution in [0.2, 0.25) is 0 Å². The zero-order valence-electron chi connectivity index (χ0n) is 58.8. The zero-order chi connectivity index (χ0) is 66.8. The Hall–Kier alpha value is -1.94. The lowest BCUT2D eigenvalue weighted by atomic mass is 10.0. The van der Waals surface area contributed by atoms with Crippen LogP contribution in [-0.4, -0.2) is 96.7 Å². The molecular weight excluding hydrogens is 1190 g/mol. The van der Waals surface area contributed by atoms with Crippen molar-refractivity contribution < 1.29 is 80.2 Å². The first kappa shape index (κ1) is 88.1. The first-order valence-corrected chi connectivity index (χ1v) is 39.7. The van der Waals surface area contributed by atoms with E-state index >= 15 is 0 Å². The number of unbranched alkanes of at least 4 members (excludes halogenated alkanes) is 34. The average Bonchev–Trinajstić information content (AvgIpc) is 3.68. The smallest absolute Gasteiger partial charge is 0.462 e. The Kier molecular flexibility index (Phi) is 59.4. The molecule has 0 bridgehead atoms. The number of aliphatic hydroxyl groups is 1. The second kappa shape index (κ2) is 60.7. The Balaban J connectivity index is 5.27. The number of ether oxygens (including phenoxy) is 4. The van der Waals surface area contributed by atoms with Gasteiger partial charge in [0.2, 0.25) is 0 Å². The van der Waals surface area contributed by atoms with E-state index in [9.17, 15) is 43.2 Å². The molecule has 0 aliphatic rings. The van der Waals surface area contributed by atoms with Gasteiger partial charge in [-0.1, -0.05) is 299 Å². The summed E-state index contributed by atoms with van der Waals surface area (Å²) in [6, 6.07) is 0. The molecule has 19 heteroatoms. The van der Waals surface area contributed by atoms with E-state index < -0.39 is 97.5 Å². The number of aliphatic hydroxyl groups excluding tert-OH is 1. The molecule has 534 valence electrons. The Morgan fingerprint density at radius 1 is 0.278 bits per heavy atom. The molecule has 0 rings (SSSR count). The van der Waals surface area contributed by atoms with Crippen LogP contribution in [0.4, 0.5) is 0 Å². The number of phosphoric acid groups is 2. The Labute approximate surface area is 549 Å². The topological polar surface area (TPSA) is 237 Å². The summed E-state index contributed by atoms with van der Waals surface area (Å²) in [4.78, 5) is 72.6. The van der Waals surface area contributed by atoms with Gasteiger partial charge in [-0.15, -0.1) is 0 Å². The molecule has 0 aromatic heterocycles. The summed E-state index contributed by atoms with van der Waals surface area (Å²) in [6.45, 7) is 14.1. The van der Waals surface area contributed by atoms with Crippen molar-refractivity contribution in [2.45, 2.75) is 369 Å². The second-order valence-electron chi connectivity index (χ2n) is 27.5. The number of phosphoric ester groups is 2. The van der Waals surface area contributed by atoms with Crippen LogP contribution in [-0.2, 0) is 65.4 Å². The maximum absolute atomic E-state index is 13.0. The zero-order valence-corrected chi connectivity index (χ0v) is 60.6. The van der Waals surface area contributed by atoms with Crippen molar-refractivity contribution in [3.8, 4) is 0 Å². The van der Waals surface area contributed by atoms with E-state index in [0.717, 1.165) is 114 Å². The van der Waals surface area contributed by atoms with E-state index in [1.165, 1.54) is 154 Å². The number of carbonyl (C=O) groups excluding carboxylic acids is 4. The summed E-state index contributed by atoms with van der Waals surface area (Å²) in [6.07, 6.45) is 43.0. The van der Waals surface area contributed by atoms with Gasteiger partial charge >= 0.3 is 39.5 Å². The first-order valence-electron chi connectivity index (χ1n) is 36.7. The van der Waals surface area contributed by atoms with Gasteiger partial charge in [-0.2, -0.15) is 0 Å². The van der Waals surface area contributed by atoms with Crippen molar-refractivity contribution in [2.24, 2.45) is 23.7 Å². The predicted octanol–water partition coefficient (Wildman–Crippen LogP) is 20.1. The minimum absolute atomic E-state index is 0.105. The molecule has 0 fully saturated rings. The lowest BCUT2D eigenvalue weighted by Gasteiger charge is -2.21. The molecule has 0 spiro atoms. The van der Waals surface area contributed by atoms with E-state index in [0.29, 0.717) is 25.7 Å². The third-order valence-electron chi connectivity index (χ3n) is 16.3. The van der Waals surface area contributed by atoms with E-state index in [-0.39, 0.29) is 25.7 Å². The third kappa shape index (κ3) is 64.8. The highest BCUT2D eigenvalue weighted by Crippen LogP contribution is 2.45. The molecule has 0 aliphatic carbocycles. The fourth-order valence-electron chi connectivity index (χ4n) is 10.7. The number of rotatable bonds is 68. The van der Waals surface area contributed by atoms with Gasteiger partial charge < -0.3 is 33.8 Å². The Bertz CT molecular complexity index is 1780. The number of hydrogen-bond acceptors (Lipinski definition) is 15. The average molecular weight is 1330 g/mol. The standard InChI is InChI=1S/C71H138O17P2/c1-61(2)47-39-31-23-15-10-9-11-18-29-37-45-53-70(75)87-66(57-81-68(73)51-43-35-27-20-14-17-25-33-41-49-63(5)6)59-85-89(77,78)83-55-65(72)56-84-90(79,80)86-60-67(58-82-69(74)52-44-36-28-22-21-26-34-42-50-64(7)8)88-71(76)54-46-38-30-19-13-12-16-24-32-40-48-62(3)4/h61-67,72H,9-60H2,1-8H3,(H,77,78)(H,79,80)/t65?,66-,67-/m1/s1. The van der Waals surface area contributed by atoms with Gasteiger partial charge in [0.25, 0.3) is 0 Å². The van der Waals surface area contributed by atoms with Gasteiger partial charge in [-0.25, -0.2) is 9.13 Å². The van der Waals surface area contributed by atoms with Crippen molar-refractivity contribution in [1.82, 2.24) is 0 Å². The quantitative estimate of drug-likeness (QED) is 0.0222. The van der Waals surface area contributed by atoms with Crippen LogP contribution in [0.5, 0.6) is 0 Å². The molecule has 0 saturated heterocycles. The van der Waals surface area contributed by atoms with Gasteiger partial charge in [0.1, 0.15) is 19.3 Å². The maximum atomic E-state index is 13.0. The molecule has 0 radical (unpaired) electrons. The summed E-state index contributed by atoms with van der Waals surface area (Å²) in [5, 5.41) is 10.6. The van der Waals surface area contributed by atoms with Crippen LogP contribution in [0.1, 0.15) is 351 Å². The van der Waals surface area contributed by atoms with Gasteiger partial charge in [0, 0.05) is 25.7 Å². The largest absolute Gasteiger partial charge is 0.472 e. The molecule has 0 heterocycles. The van der Waals surface area contributed by atoms with Crippen molar-refractivity contribution in [1.29, 1.82) is 0 Å². The highest BCUT2D eigenvalue weighted by Gasteiger charge is 2.30. The van der Waals surface area contributed by atoms with E-state index in [1.54, 1.807) is 0 Å². The monoisotopic (exact) mass is 1320 g/mol. The minimum atomic E-state index is -4.95. The van der Waals surface area contributed by atoms with Gasteiger partial charge in [0.15, 0.2) is 12.2 Å². The molecule has 0 aliphatic heterocycles. The second-order valence-corrected chi connectivity index (χ2v) is 30.4. The first-order chi connectivity index (χ1) is 43.1. The molecule has 90 heavy (non-hydrogen) atoms. The van der Waals surface area contributed by atoms with Crippen LogP contribution in [0.15, 0.2) is 0 Å². The van der Waals surface area contributed by atoms with Crippen LogP contribution >= 0.6 is 15.6 Å². The number of esters is 4. The SMILES string of the molecule is CC(C)CCCCCCCCCCCCCC(=O)O[C@H](COC(=O)CCCCCCCCCCCC(C)C)COP(=O)(O)OCC(O)COP(=O)(O)OC[C@@H](COC(=O)CCCCCCCCCCC(C)C)OC(=O)CCCCCCCCCCCCC(C)C. The van der Waals surface area contributed by atoms with Gasteiger partial charge in [-0.3, -0.25) is 37.3 Å². The molecule has 0 saturated carbocycles. The van der Waals surface area contributed by atoms with Crippen molar-refractivity contribution in [2.75, 3.05) is 39.6 Å². The normalized spacial score (nSPS) is 14.3. The minimum Gasteiger partial charge on any atom is -0.462 e. The van der Waals surface area contributed by atoms with Crippen molar-refractivity contribution in [3.05, 3.63) is 0 Å². The number of hydrogen-bond donors (Lipinski definition) is 3. The molecule has 0 amide bonds. The molecular formula is C71H138O17P2. The van der Waals surface area contributed by atoms with E-state index in [4.69, 9.17) is 37.0 Å². The van der Waals surface area contributed by atoms with Crippen molar-refractivity contribution >= 4 is 39.5 Å². The van der Waals surface area contributed by atoms with Crippen LogP contribution in [0, 0.1) is 23.7 Å². The highest BCUT2D eigenvalue weighted by atomic mass is 31.2. The van der Waals surface area contributed by atoms with Crippen LogP contribution < -0.4 is 0 Å². The van der Waals surface area contributed by atoms with Crippen LogP contribution in [0.3, 0.4) is 0 Å². The van der Waals surface area contributed by atoms with E-state index in [2.05, 4.69) is 55.4 Å². The van der Waals surface area contributed by atoms with Crippen molar-refractivity contribution in [3.63, 3.8) is 0 Å². The Morgan fingerprint density at radius 2 is 0.467 bits per heavy atom. The lowest BCUT2D eigenvalue weighted by Crippen LogP contribution is -2.30. The summed E-state index contributed by atoms with van der Waals surface area (Å²) in [5.41, 5.74) is 0. The molecule has 3 N–H and O–H groups in total. The third-order valence-corrected chi connectivity index (χ3v) is 18.2. The van der Waals surface area contributed by atoms with Gasteiger partial charge in [-0.05, 0) is 49.4 Å². The Morgan fingerprint density at radius 3 is 0.689 bits per heavy atom. The predicted molar refractivity (Wildman–Crippen MR) is 363 cm³/mol. The van der Waals surface area contributed by atoms with Crippen LogP contribution in [0.25, 0.3) is 0 Å². The molecule has 3 unspecified atom stereocenters. The molecule has 5 atom stereocenters. The fraction of sp³-hybridized carbons (Fsp3) is 0.944. The summed E-state index contributed by atoms with van der Waals surface area (Å²) in [5.74, 6) is 0.859. The highest BCUT2D eigenvalue weighted by molar-refractivity contribution is 7.47. The summed E-state index contributed by atoms with van der Waals surface area (Å²) in [7, 11) is -9.90. The fourth-order valence-corrected chi connectivity index (χ4v) is 12.2. The maximum Gasteiger partial charge on any atom is 0.472 e. The molecule has 0 aromatic carbocycles. The lowest BCUT2D eigenvalue weighted by molar-refractivity contribution is -0.161.